The van der Waals surface area contributed by atoms with Gasteiger partial charge in [0.15, 0.2) is 0 Å². The van der Waals surface area contributed by atoms with E-state index in [4.69, 9.17) is 0 Å². The van der Waals surface area contributed by atoms with Crippen LogP contribution in [-0.2, 0) is 20.6 Å². The fourth-order valence-electron chi connectivity index (χ4n) is 11.3. The van der Waals surface area contributed by atoms with E-state index in [1.165, 1.54) is 9.62 Å². The zero-order valence-corrected chi connectivity index (χ0v) is 50.6. The standard InChI is InChI=1S/2C18H15P.2C8H11P.2C4H9.CH3.ClH.2Pt/c2*1-4-10-16(11-5-1)19(17-12-6-2-7-13-17)18-14-8-3-9-15-18;2*1-9(2)8-6-4-3-5-7-8;2*1-3-4-2;;;;/h2*1-15H;2*3-7H,1-2H3;2*1,3-4H2,2H3;1H3;1H;;/q;;;;;;;;-2;-1/p+3. The Bertz CT molecular complexity index is 2460. The third kappa shape index (κ3) is 7.11. The molecule has 8 aromatic carbocycles. The van der Waals surface area contributed by atoms with Crippen molar-refractivity contribution in [1.82, 2.24) is 0 Å². The van der Waals surface area contributed by atoms with E-state index in [-0.39, 0.29) is 0 Å². The zero-order valence-electron chi connectivity index (χ0n) is 41.3. The van der Waals surface area contributed by atoms with Crippen LogP contribution in [0.5, 0.6) is 0 Å². The molecule has 0 bridgehead atoms. The molecule has 0 aliphatic carbocycles. The molecule has 0 N–H and O–H groups in total. The summed E-state index contributed by atoms with van der Waals surface area (Å²) in [5.41, 5.74) is 0. The summed E-state index contributed by atoms with van der Waals surface area (Å²) in [6.45, 7) is 16.4. The molecule has 8 aromatic rings. The third-order valence-electron chi connectivity index (χ3n) is 14.7. The van der Waals surface area contributed by atoms with Gasteiger partial charge in [-0.25, -0.2) is 0 Å². The SMILES string of the molecule is CCC[CH2][Pt]([CH2]CCC)([PH](c1ccccc1)(c1ccccc1)c1ccccc1)([PH](c1ccccc1)(c1ccccc1)c1ccccc1)[Pt]([CH3])([Cl])([PH](C)(C)c1ccccc1)[PH](C)(C)c1ccccc1. The van der Waals surface area contributed by atoms with E-state index in [9.17, 15) is 9.42 Å². The maximum atomic E-state index is 11.1. The van der Waals surface area contributed by atoms with E-state index < -0.39 is 42.0 Å². The summed E-state index contributed by atoms with van der Waals surface area (Å²) in [5, 5.41) is 2.54. The molecule has 0 unspecified atom stereocenters. The first-order valence-electron chi connectivity index (χ1n) is 24.3. The van der Waals surface area contributed by atoms with Crippen LogP contribution in [0.15, 0.2) is 243 Å². The molecule has 68 heavy (non-hydrogen) atoms. The van der Waals surface area contributed by atoms with Crippen molar-refractivity contribution in [3.05, 3.63) is 243 Å². The number of rotatable bonds is 19. The fraction of sp³-hybridized carbons (Fsp3) is 0.213. The second-order valence-corrected chi connectivity index (χ2v) is 167. The van der Waals surface area contributed by atoms with Gasteiger partial charge in [-0.05, 0) is 0 Å². The Labute approximate surface area is 413 Å². The molecule has 7 heteroatoms. The van der Waals surface area contributed by atoms with Crippen molar-refractivity contribution in [1.29, 1.82) is 0 Å². The zero-order chi connectivity index (χ0) is 48.0. The predicted molar refractivity (Wildman–Crippen MR) is 317 cm³/mol. The van der Waals surface area contributed by atoms with Crippen molar-refractivity contribution < 1.29 is 20.6 Å². The Hall–Kier alpha value is -2.85. The van der Waals surface area contributed by atoms with Crippen molar-refractivity contribution >= 4 is 73.3 Å². The van der Waals surface area contributed by atoms with Crippen LogP contribution in [-0.4, -0.2) is 26.7 Å². The molecule has 0 spiro atoms. The van der Waals surface area contributed by atoms with E-state index in [1.54, 1.807) is 42.4 Å². The fourth-order valence-corrected chi connectivity index (χ4v) is 611. The van der Waals surface area contributed by atoms with Crippen LogP contribution in [0.2, 0.25) is 14.9 Å². The molecule has 8 rings (SSSR count). The molecule has 0 atom stereocenters. The van der Waals surface area contributed by atoms with E-state index >= 15 is 0 Å². The van der Waals surface area contributed by atoms with Gasteiger partial charge in [0.25, 0.3) is 0 Å². The van der Waals surface area contributed by atoms with Crippen molar-refractivity contribution in [2.24, 2.45) is 0 Å². The van der Waals surface area contributed by atoms with Gasteiger partial charge in [-0.15, -0.1) is 0 Å². The first-order valence-corrected chi connectivity index (χ1v) is 62.1. The number of unbranched alkanes of at least 4 members (excludes halogenated alkanes) is 2. The average molecular weight is 1360 g/mol. The number of benzene rings is 8. The number of halogens is 1. The minimum absolute atomic E-state index is 1.11. The van der Waals surface area contributed by atoms with E-state index in [2.05, 4.69) is 288 Å². The average Bonchev–Trinajstić information content (AvgIpc) is 3.40. The van der Waals surface area contributed by atoms with Gasteiger partial charge in [0.1, 0.15) is 0 Å². The molecule has 0 heterocycles. The molecule has 0 aliphatic heterocycles. The summed E-state index contributed by atoms with van der Waals surface area (Å²) >= 11 is 0. The number of hydrogen-bond acceptors (Lipinski definition) is 0. The molecule has 0 aromatic heterocycles. The monoisotopic (exact) mass is 1360 g/mol. The van der Waals surface area contributed by atoms with Gasteiger partial charge in [-0.3, -0.25) is 0 Å². The molecule has 0 fully saturated rings. The minimum atomic E-state index is -5.47. The summed E-state index contributed by atoms with van der Waals surface area (Å²) in [6, 6.07) is 97.9. The van der Waals surface area contributed by atoms with Crippen molar-refractivity contribution in [3.63, 3.8) is 0 Å². The van der Waals surface area contributed by atoms with Gasteiger partial charge in [-0.2, -0.15) is 0 Å². The van der Waals surface area contributed by atoms with E-state index in [1.807, 2.05) is 0 Å². The molecule has 0 saturated heterocycles. The van der Waals surface area contributed by atoms with Crippen LogP contribution in [0.4, 0.5) is 0 Å². The molecule has 0 aliphatic rings. The normalized spacial score (nSPS) is 14.9. The maximum absolute atomic E-state index is 11.1. The van der Waals surface area contributed by atoms with Crippen LogP contribution in [0.25, 0.3) is 0 Å². The van der Waals surface area contributed by atoms with Gasteiger partial charge < -0.3 is 0 Å². The molecule has 0 saturated carbocycles. The van der Waals surface area contributed by atoms with Crippen LogP contribution >= 0.6 is 30.8 Å². The predicted octanol–water partition coefficient (Wildman–Crippen LogP) is 14.7. The second kappa shape index (κ2) is 20.7. The molecule has 368 valence electrons. The Kier molecular flexibility index (Phi) is 15.7. The third-order valence-corrected chi connectivity index (χ3v) is 391. The first-order chi connectivity index (χ1) is 32.9. The molecule has 0 radical (unpaired) electrons. The van der Waals surface area contributed by atoms with Crippen LogP contribution < -0.4 is 42.4 Å². The Morgan fingerprint density at radius 1 is 0.309 bits per heavy atom. The van der Waals surface area contributed by atoms with Crippen molar-refractivity contribution in [2.45, 2.75) is 54.5 Å². The molecular weight excluding hydrogens is 1280 g/mol. The summed E-state index contributed by atoms with van der Waals surface area (Å²) in [4.78, 5) is 2.39. The van der Waals surface area contributed by atoms with E-state index in [0.29, 0.717) is 0 Å². The van der Waals surface area contributed by atoms with Crippen LogP contribution in [0.3, 0.4) is 0 Å². The van der Waals surface area contributed by atoms with Crippen LogP contribution in [0, 0.1) is 0 Å². The van der Waals surface area contributed by atoms with Crippen molar-refractivity contribution in [3.8, 4) is 0 Å². The first kappa shape index (κ1) is 51.5. The Morgan fingerprint density at radius 3 is 0.662 bits per heavy atom. The Balaban J connectivity index is 1.96. The topological polar surface area (TPSA) is 0 Å². The van der Waals surface area contributed by atoms with Crippen LogP contribution in [0.1, 0.15) is 39.5 Å². The second-order valence-electron chi connectivity index (χ2n) is 18.8. The van der Waals surface area contributed by atoms with E-state index in [0.717, 1.165) is 25.7 Å². The summed E-state index contributed by atoms with van der Waals surface area (Å²) in [7, 11) is 0.359. The quantitative estimate of drug-likeness (QED) is 0.0708. The summed E-state index contributed by atoms with van der Waals surface area (Å²) in [5.74, 6) is 0. The van der Waals surface area contributed by atoms with Gasteiger partial charge in [0, 0.05) is 0 Å². The number of hydrogen-bond donors (Lipinski definition) is 0. The van der Waals surface area contributed by atoms with Gasteiger partial charge in [0.2, 0.25) is 0 Å². The summed E-state index contributed by atoms with van der Waals surface area (Å²) in [6.07, 6.45) is 4.49. The molecule has 0 nitrogen and oxygen atoms in total. The molecule has 0 amide bonds. The molecular formula is C61H77ClP4Pt2. The van der Waals surface area contributed by atoms with Gasteiger partial charge in [0.05, 0.1) is 0 Å². The van der Waals surface area contributed by atoms with Gasteiger partial charge >= 0.3 is 418 Å². The Morgan fingerprint density at radius 2 is 0.485 bits per heavy atom. The summed E-state index contributed by atoms with van der Waals surface area (Å²) < 4.78 is 0. The van der Waals surface area contributed by atoms with Crippen molar-refractivity contribution in [2.75, 3.05) is 26.7 Å². The van der Waals surface area contributed by atoms with Gasteiger partial charge in [-0.1, -0.05) is 0 Å².